The highest BCUT2D eigenvalue weighted by molar-refractivity contribution is 9.09. The number of amides is 3. The van der Waals surface area contributed by atoms with E-state index in [1.165, 1.54) is 18.2 Å². The van der Waals surface area contributed by atoms with Crippen LogP contribution in [0.15, 0.2) is 66.3 Å². The summed E-state index contributed by atoms with van der Waals surface area (Å²) in [6.45, 7) is 3.33. The van der Waals surface area contributed by atoms with Crippen LogP contribution in [0.1, 0.15) is 68.9 Å². The van der Waals surface area contributed by atoms with Crippen LogP contribution in [0.4, 0.5) is 10.5 Å². The molecule has 3 saturated heterocycles. The number of allylic oxidation sites excluding steroid dienone is 4. The second kappa shape index (κ2) is 20.5. The van der Waals surface area contributed by atoms with Crippen molar-refractivity contribution in [1.29, 1.82) is 0 Å². The largest absolute Gasteiger partial charge is 0.479 e. The topological polar surface area (TPSA) is 315 Å². The lowest BCUT2D eigenvalue weighted by molar-refractivity contribution is -0.271. The van der Waals surface area contributed by atoms with Crippen molar-refractivity contribution >= 4 is 57.1 Å². The van der Waals surface area contributed by atoms with E-state index in [0.717, 1.165) is 17.6 Å². The maximum atomic E-state index is 14.0. The van der Waals surface area contributed by atoms with Crippen LogP contribution < -0.4 is 20.7 Å². The van der Waals surface area contributed by atoms with Crippen molar-refractivity contribution in [3.63, 3.8) is 0 Å². The molecule has 21 nitrogen and oxygen atoms in total. The summed E-state index contributed by atoms with van der Waals surface area (Å²) in [6.07, 6.45) is -5.21. The molecule has 394 valence electrons. The monoisotopic (exact) mass is 1080 g/mol. The molecule has 6 fully saturated rings. The van der Waals surface area contributed by atoms with Gasteiger partial charge in [0.2, 0.25) is 18.1 Å². The molecule has 0 bridgehead atoms. The molecule has 3 heterocycles. The van der Waals surface area contributed by atoms with Gasteiger partial charge < -0.3 is 75.0 Å². The Morgan fingerprint density at radius 1 is 0.932 bits per heavy atom. The van der Waals surface area contributed by atoms with E-state index >= 15 is 0 Å². The van der Waals surface area contributed by atoms with Crippen LogP contribution in [0.3, 0.4) is 0 Å². The van der Waals surface area contributed by atoms with E-state index in [4.69, 9.17) is 28.4 Å². The van der Waals surface area contributed by atoms with Crippen molar-refractivity contribution in [2.45, 2.75) is 119 Å². The first kappa shape index (κ1) is 52.7. The van der Waals surface area contributed by atoms with E-state index in [-0.39, 0.29) is 85.4 Å². The predicted molar refractivity (Wildman–Crippen MR) is 255 cm³/mol. The Morgan fingerprint density at radius 2 is 1.67 bits per heavy atom. The number of hydrogen-bond donors (Lipinski definition) is 9. The molecular weight excluding hydrogens is 1020 g/mol. The Hall–Kier alpha value is -5.14. The average Bonchev–Trinajstić information content (AvgIpc) is 3.85. The van der Waals surface area contributed by atoms with E-state index in [1.807, 2.05) is 37.3 Å². The van der Waals surface area contributed by atoms with Gasteiger partial charge >= 0.3 is 12.1 Å². The molecule has 3 aliphatic heterocycles. The number of alkyl carbamates (subject to hydrolysis) is 1. The van der Waals surface area contributed by atoms with Gasteiger partial charge in [-0.3, -0.25) is 19.2 Å². The van der Waals surface area contributed by atoms with Gasteiger partial charge in [0, 0.05) is 41.7 Å². The first-order chi connectivity index (χ1) is 34.7. The molecule has 2 aromatic carbocycles. The number of carbonyl (C=O) groups is 6. The average molecular weight is 1080 g/mol. The molecule has 4 aliphatic carbocycles. The summed E-state index contributed by atoms with van der Waals surface area (Å²) < 4.78 is 35.5. The lowest BCUT2D eigenvalue weighted by Gasteiger charge is -2.59. The fourth-order valence-corrected chi connectivity index (χ4v) is 12.9. The number of benzene rings is 2. The summed E-state index contributed by atoms with van der Waals surface area (Å²) in [4.78, 5) is 76.0. The number of halogens is 1. The zero-order valence-corrected chi connectivity index (χ0v) is 41.7. The summed E-state index contributed by atoms with van der Waals surface area (Å²) in [5, 5.41) is 71.0. The third kappa shape index (κ3) is 9.63. The van der Waals surface area contributed by atoms with Crippen LogP contribution >= 0.6 is 15.9 Å². The maximum absolute atomic E-state index is 14.0. The maximum Gasteiger partial charge on any atom is 0.408 e. The molecule has 3 amide bonds. The summed E-state index contributed by atoms with van der Waals surface area (Å²) >= 11 is 3.03. The van der Waals surface area contributed by atoms with Gasteiger partial charge in [0.05, 0.1) is 42.0 Å². The standard InChI is InChI=1S/C51H60BrN3O18/c1-48-13-11-29(57)16-28(48)8-9-30-31-17-36-51(35(59)21-56,49(31,2)19-33(58)39(30)48)73-45(71-36)27-6-3-25(4-7-27)18-50(23-68-24-50)55-47(67)69-22-26-5-10-34(32(15-26)54-37(60)12-14-53-38(61)20-52)70-46-42(64)40(62)41(63)43(72-46)44(65)66/h3-7,10-11,13,15-16,30-31,33,36,39-43,45-46,56,58,62-64H,8-9,12,14,17-24H2,1-2H3,(H,53,61)(H,54,60)(H,55,67)(H,65,66)/t30-,31-,33-,36+,39+,40-,41-,42+,43-,45+,46+,48-,49-,51+/m0/s1. The zero-order valence-electron chi connectivity index (χ0n) is 40.1. The fourth-order valence-electron chi connectivity index (χ4n) is 12.7. The number of alkyl halides is 1. The van der Waals surface area contributed by atoms with Gasteiger partial charge in [-0.1, -0.05) is 71.8 Å². The van der Waals surface area contributed by atoms with Gasteiger partial charge in [0.1, 0.15) is 37.3 Å². The molecule has 0 unspecified atom stereocenters. The highest BCUT2D eigenvalue weighted by Gasteiger charge is 2.76. The second-order valence-corrected chi connectivity index (χ2v) is 21.3. The van der Waals surface area contributed by atoms with Crippen LogP contribution in [0, 0.1) is 28.6 Å². The first-order valence-electron chi connectivity index (χ1n) is 24.3. The number of aliphatic hydroxyl groups excluding tert-OH is 5. The number of ketones is 2. The number of carboxylic acid groups (broad SMARTS) is 1. The highest BCUT2D eigenvalue weighted by atomic mass is 79.9. The number of fused-ring (bicyclic) bond motifs is 7. The molecule has 2 aromatic rings. The second-order valence-electron chi connectivity index (χ2n) is 20.7. The molecule has 0 radical (unpaired) electrons. The van der Waals surface area contributed by atoms with Crippen molar-refractivity contribution in [2.24, 2.45) is 28.6 Å². The number of Topliss-reactive ketones (excluding diaryl/α,β-unsaturated/α-hetero) is 1. The van der Waals surface area contributed by atoms with E-state index in [9.17, 15) is 59.4 Å². The third-order valence-corrected chi connectivity index (χ3v) is 16.8. The van der Waals surface area contributed by atoms with Crippen LogP contribution in [0.5, 0.6) is 5.75 Å². The van der Waals surface area contributed by atoms with Crippen molar-refractivity contribution in [2.75, 3.05) is 37.0 Å². The Labute approximate surface area is 427 Å². The van der Waals surface area contributed by atoms with E-state index < -0.39 is 102 Å². The molecule has 22 heteroatoms. The Balaban J connectivity index is 0.843. The van der Waals surface area contributed by atoms with Crippen molar-refractivity contribution in [1.82, 2.24) is 10.6 Å². The van der Waals surface area contributed by atoms with Crippen LogP contribution in [0.2, 0.25) is 0 Å². The number of aliphatic hydroxyl groups is 5. The lowest BCUT2D eigenvalue weighted by atomic mass is 9.46. The minimum Gasteiger partial charge on any atom is -0.479 e. The number of rotatable bonds is 16. The van der Waals surface area contributed by atoms with Gasteiger partial charge in [0.25, 0.3) is 0 Å². The highest BCUT2D eigenvalue weighted by Crippen LogP contribution is 2.70. The Bertz CT molecular complexity index is 2570. The molecular formula is C51H60BrN3O18. The van der Waals surface area contributed by atoms with Crippen molar-refractivity contribution in [3.05, 3.63) is 83.0 Å². The first-order valence-corrected chi connectivity index (χ1v) is 25.4. The molecule has 14 atom stereocenters. The lowest BCUT2D eigenvalue weighted by Crippen LogP contribution is -2.63. The van der Waals surface area contributed by atoms with Crippen LogP contribution in [0.25, 0.3) is 0 Å². The van der Waals surface area contributed by atoms with Gasteiger partial charge in [-0.2, -0.15) is 0 Å². The predicted octanol–water partition coefficient (Wildman–Crippen LogP) is 1.64. The summed E-state index contributed by atoms with van der Waals surface area (Å²) in [5.41, 5.74) is -0.901. The fraction of sp³-hybridized carbons (Fsp3) is 0.569. The van der Waals surface area contributed by atoms with Gasteiger partial charge in [0.15, 0.2) is 29.6 Å². The molecule has 9 N–H and O–H groups in total. The minimum absolute atomic E-state index is 0.0176. The number of aliphatic carboxylic acids is 1. The molecule has 73 heavy (non-hydrogen) atoms. The number of ether oxygens (including phenoxy) is 6. The Morgan fingerprint density at radius 3 is 2.36 bits per heavy atom. The van der Waals surface area contributed by atoms with Crippen LogP contribution in [-0.4, -0.2) is 152 Å². The molecule has 0 spiro atoms. The number of hydrogen-bond acceptors (Lipinski definition) is 17. The zero-order chi connectivity index (χ0) is 52.2. The van der Waals surface area contributed by atoms with Crippen molar-refractivity contribution < 1.29 is 87.8 Å². The number of nitrogens with one attached hydrogen (secondary N) is 3. The van der Waals surface area contributed by atoms with Crippen LogP contribution in [-0.2, 0) is 60.7 Å². The van der Waals surface area contributed by atoms with Gasteiger partial charge in [-0.25, -0.2) is 9.59 Å². The molecule has 0 aromatic heterocycles. The quantitative estimate of drug-likeness (QED) is 0.108. The summed E-state index contributed by atoms with van der Waals surface area (Å²) in [5.74, 6) is -3.44. The third-order valence-electron chi connectivity index (χ3n) is 16.3. The van der Waals surface area contributed by atoms with Gasteiger partial charge in [-0.05, 0) is 72.9 Å². The van der Waals surface area contributed by atoms with E-state index in [1.54, 1.807) is 12.2 Å². The Kier molecular flexibility index (Phi) is 14.8. The summed E-state index contributed by atoms with van der Waals surface area (Å²) in [7, 11) is 0. The smallest absolute Gasteiger partial charge is 0.408 e. The minimum atomic E-state index is -1.97. The SMILES string of the molecule is C[C@]12C=CC(=O)C=C1CC[C@@H]1[C@@H]2[C@@H](O)C[C@@]2(C)[C@H]1C[C@H]1O[C@@H](c3ccc(CC4(NC(=O)OCc5ccc(O[C@@H]6O[C@H](C(=O)O)[C@@H](O)[C@H](O)[C@H]6O)c(NC(=O)CCNC(=O)CBr)c5)COC4)cc3)O[C@]12C(=O)CO. The van der Waals surface area contributed by atoms with Crippen molar-refractivity contribution in [3.8, 4) is 5.75 Å². The summed E-state index contributed by atoms with van der Waals surface area (Å²) in [6, 6.07) is 11.6. The van der Waals surface area contributed by atoms with E-state index in [0.29, 0.717) is 30.4 Å². The molecule has 7 aliphatic rings. The normalized spacial score (nSPS) is 35.7. The number of carbonyl (C=O) groups excluding carboxylic acids is 5. The van der Waals surface area contributed by atoms with Gasteiger partial charge in [-0.15, -0.1) is 0 Å². The number of anilines is 1. The molecule has 9 rings (SSSR count). The number of carboxylic acids is 1. The van der Waals surface area contributed by atoms with E-state index in [2.05, 4.69) is 38.8 Å². The molecule has 3 saturated carbocycles.